The highest BCUT2D eigenvalue weighted by atomic mass is 35.5. The molecular weight excluding hydrogens is 258 g/mol. The van der Waals surface area contributed by atoms with Gasteiger partial charge in [-0.25, -0.2) is 4.79 Å². The third kappa shape index (κ3) is 2.57. The first-order valence-electron chi connectivity index (χ1n) is 5.02. The van der Waals surface area contributed by atoms with E-state index in [0.29, 0.717) is 10.8 Å². The molecule has 0 unspecified atom stereocenters. The molecule has 2 N–H and O–H groups in total. The summed E-state index contributed by atoms with van der Waals surface area (Å²) < 4.78 is 5.01. The molecule has 2 aromatic rings. The molecule has 1 aromatic carbocycles. The van der Waals surface area contributed by atoms with E-state index >= 15 is 0 Å². The van der Waals surface area contributed by atoms with Gasteiger partial charge in [0.15, 0.2) is 6.61 Å². The van der Waals surface area contributed by atoms with E-state index in [1.807, 2.05) is 0 Å². The Balaban J connectivity index is 2.06. The molecule has 94 valence electrons. The van der Waals surface area contributed by atoms with E-state index in [0.717, 1.165) is 0 Å². The fourth-order valence-corrected chi connectivity index (χ4v) is 1.48. The lowest BCUT2D eigenvalue weighted by Gasteiger charge is -2.06. The molecule has 7 nitrogen and oxygen atoms in total. The molecule has 1 heterocycles. The van der Waals surface area contributed by atoms with E-state index in [1.54, 1.807) is 19.2 Å². The van der Waals surface area contributed by atoms with Crippen molar-refractivity contribution in [3.63, 3.8) is 0 Å². The van der Waals surface area contributed by atoms with Crippen molar-refractivity contribution in [2.24, 2.45) is 7.05 Å². The molecule has 0 aliphatic rings. The van der Waals surface area contributed by atoms with Gasteiger partial charge in [-0.3, -0.25) is 0 Å². The van der Waals surface area contributed by atoms with Crippen molar-refractivity contribution in [3.8, 4) is 0 Å². The molecule has 18 heavy (non-hydrogen) atoms. The van der Waals surface area contributed by atoms with Gasteiger partial charge in [0.05, 0.1) is 23.3 Å². The Morgan fingerprint density at radius 1 is 1.56 bits per heavy atom. The Morgan fingerprint density at radius 2 is 2.33 bits per heavy atom. The zero-order chi connectivity index (χ0) is 13.1. The van der Waals surface area contributed by atoms with Crippen molar-refractivity contribution in [3.05, 3.63) is 34.6 Å². The number of carbonyl (C=O) groups is 1. The van der Waals surface area contributed by atoms with Crippen molar-refractivity contribution < 1.29 is 9.53 Å². The van der Waals surface area contributed by atoms with Crippen LogP contribution in [0.15, 0.2) is 18.2 Å². The topological polar surface area (TPSA) is 95.9 Å². The fourth-order valence-electron chi connectivity index (χ4n) is 1.30. The van der Waals surface area contributed by atoms with Gasteiger partial charge in [-0.15, -0.1) is 10.2 Å². The first-order valence-corrected chi connectivity index (χ1v) is 5.39. The normalized spacial score (nSPS) is 10.3. The standard InChI is InChI=1S/C10H10ClN5O2/c1-16-14-8(13-15-16)5-18-10(17)6-3-2-4-7(11)9(6)12/h2-4H,5,12H2,1H3. The van der Waals surface area contributed by atoms with Crippen LogP contribution in [0.3, 0.4) is 0 Å². The minimum atomic E-state index is -0.581. The van der Waals surface area contributed by atoms with Gasteiger partial charge < -0.3 is 10.5 Å². The zero-order valence-corrected chi connectivity index (χ0v) is 10.3. The fraction of sp³-hybridized carbons (Fsp3) is 0.200. The number of benzene rings is 1. The Morgan fingerprint density at radius 3 is 3.00 bits per heavy atom. The molecule has 1 aromatic heterocycles. The summed E-state index contributed by atoms with van der Waals surface area (Å²) in [4.78, 5) is 13.0. The largest absolute Gasteiger partial charge is 0.454 e. The molecule has 0 aliphatic carbocycles. The van der Waals surface area contributed by atoms with E-state index in [4.69, 9.17) is 22.1 Å². The molecule has 0 amide bonds. The highest BCUT2D eigenvalue weighted by Gasteiger charge is 2.14. The van der Waals surface area contributed by atoms with Gasteiger partial charge in [0.25, 0.3) is 0 Å². The molecule has 0 aliphatic heterocycles. The number of hydrogen-bond donors (Lipinski definition) is 1. The number of esters is 1. The number of tetrazole rings is 1. The van der Waals surface area contributed by atoms with E-state index in [9.17, 15) is 4.79 Å². The molecule has 0 saturated carbocycles. The number of aryl methyl sites for hydroxylation is 1. The van der Waals surface area contributed by atoms with Gasteiger partial charge in [0, 0.05) is 0 Å². The first kappa shape index (κ1) is 12.3. The lowest BCUT2D eigenvalue weighted by Crippen LogP contribution is -2.09. The van der Waals surface area contributed by atoms with Crippen LogP contribution >= 0.6 is 11.6 Å². The highest BCUT2D eigenvalue weighted by Crippen LogP contribution is 2.23. The number of para-hydroxylation sites is 1. The number of carbonyl (C=O) groups excluding carboxylic acids is 1. The van der Waals surface area contributed by atoms with Crippen molar-refractivity contribution in [1.29, 1.82) is 0 Å². The summed E-state index contributed by atoms with van der Waals surface area (Å²) in [5, 5.41) is 11.5. The molecule has 8 heteroatoms. The number of hydrogen-bond acceptors (Lipinski definition) is 6. The zero-order valence-electron chi connectivity index (χ0n) is 9.50. The Bertz CT molecular complexity index is 583. The molecule has 0 spiro atoms. The van der Waals surface area contributed by atoms with Gasteiger partial charge >= 0.3 is 5.97 Å². The number of nitrogen functional groups attached to an aromatic ring is 1. The van der Waals surface area contributed by atoms with E-state index < -0.39 is 5.97 Å². The number of nitrogens with two attached hydrogens (primary N) is 1. The van der Waals surface area contributed by atoms with E-state index in [2.05, 4.69) is 15.4 Å². The van der Waals surface area contributed by atoms with Gasteiger partial charge in [-0.2, -0.15) is 4.80 Å². The predicted octanol–water partition coefficient (Wildman–Crippen LogP) is 0.803. The van der Waals surface area contributed by atoms with Crippen LogP contribution in [0, 0.1) is 0 Å². The minimum Gasteiger partial charge on any atom is -0.454 e. The van der Waals surface area contributed by atoms with Gasteiger partial charge in [0.2, 0.25) is 5.82 Å². The predicted molar refractivity (Wildman–Crippen MR) is 63.8 cm³/mol. The molecular formula is C10H10ClN5O2. The average Bonchev–Trinajstić information content (AvgIpc) is 2.76. The van der Waals surface area contributed by atoms with Crippen LogP contribution in [0.1, 0.15) is 16.2 Å². The maximum Gasteiger partial charge on any atom is 0.340 e. The second-order valence-corrected chi connectivity index (χ2v) is 3.88. The number of halogens is 1. The molecule has 0 radical (unpaired) electrons. The first-order chi connectivity index (χ1) is 8.58. The molecule has 2 rings (SSSR count). The van der Waals surface area contributed by atoms with Crippen LogP contribution in [-0.4, -0.2) is 26.2 Å². The molecule has 0 saturated heterocycles. The van der Waals surface area contributed by atoms with Crippen molar-refractivity contribution >= 4 is 23.3 Å². The molecule has 0 fully saturated rings. The van der Waals surface area contributed by atoms with Gasteiger partial charge in [-0.05, 0) is 17.3 Å². The van der Waals surface area contributed by atoms with Crippen LogP contribution in [-0.2, 0) is 18.4 Å². The summed E-state index contributed by atoms with van der Waals surface area (Å²) in [6.07, 6.45) is 0. The van der Waals surface area contributed by atoms with Crippen LogP contribution in [0.25, 0.3) is 0 Å². The smallest absolute Gasteiger partial charge is 0.340 e. The lowest BCUT2D eigenvalue weighted by molar-refractivity contribution is 0.0463. The van der Waals surface area contributed by atoms with Crippen LogP contribution in [0.4, 0.5) is 5.69 Å². The highest BCUT2D eigenvalue weighted by molar-refractivity contribution is 6.33. The second kappa shape index (κ2) is 5.01. The maximum atomic E-state index is 11.8. The Kier molecular flexibility index (Phi) is 3.42. The third-order valence-electron chi connectivity index (χ3n) is 2.15. The quantitative estimate of drug-likeness (QED) is 0.653. The molecule has 0 bridgehead atoms. The number of ether oxygens (including phenoxy) is 1. The van der Waals surface area contributed by atoms with Crippen molar-refractivity contribution in [1.82, 2.24) is 20.2 Å². The number of nitrogens with zero attached hydrogens (tertiary/aromatic N) is 4. The summed E-state index contributed by atoms with van der Waals surface area (Å²) in [5.41, 5.74) is 6.08. The average molecular weight is 268 g/mol. The van der Waals surface area contributed by atoms with E-state index in [-0.39, 0.29) is 17.9 Å². The summed E-state index contributed by atoms with van der Waals surface area (Å²) in [6.45, 7) is -0.0708. The SMILES string of the molecule is Cn1nnc(COC(=O)c2cccc(Cl)c2N)n1. The maximum absolute atomic E-state index is 11.8. The monoisotopic (exact) mass is 267 g/mol. The Labute approximate surface area is 107 Å². The number of rotatable bonds is 3. The van der Waals surface area contributed by atoms with Crippen molar-refractivity contribution in [2.75, 3.05) is 5.73 Å². The number of anilines is 1. The van der Waals surface area contributed by atoms with Crippen LogP contribution in [0.2, 0.25) is 5.02 Å². The lowest BCUT2D eigenvalue weighted by atomic mass is 10.2. The second-order valence-electron chi connectivity index (χ2n) is 3.47. The summed E-state index contributed by atoms with van der Waals surface area (Å²) in [5.74, 6) is -0.270. The van der Waals surface area contributed by atoms with Gasteiger partial charge in [0.1, 0.15) is 0 Å². The summed E-state index contributed by atoms with van der Waals surface area (Å²) >= 11 is 5.81. The third-order valence-corrected chi connectivity index (χ3v) is 2.48. The summed E-state index contributed by atoms with van der Waals surface area (Å²) in [6, 6.07) is 4.75. The summed E-state index contributed by atoms with van der Waals surface area (Å²) in [7, 11) is 1.62. The van der Waals surface area contributed by atoms with Crippen LogP contribution < -0.4 is 5.73 Å². The molecule has 0 atom stereocenters. The van der Waals surface area contributed by atoms with Crippen molar-refractivity contribution in [2.45, 2.75) is 6.61 Å². The minimum absolute atomic E-state index is 0.0708. The van der Waals surface area contributed by atoms with Crippen LogP contribution in [0.5, 0.6) is 0 Å². The van der Waals surface area contributed by atoms with Gasteiger partial charge in [-0.1, -0.05) is 17.7 Å². The van der Waals surface area contributed by atoms with E-state index in [1.165, 1.54) is 10.9 Å². The Hall–Kier alpha value is -2.15. The number of aromatic nitrogens is 4.